The summed E-state index contributed by atoms with van der Waals surface area (Å²) < 4.78 is 0. The van der Waals surface area contributed by atoms with Crippen LogP contribution in [0.25, 0.3) is 10.8 Å². The van der Waals surface area contributed by atoms with Gasteiger partial charge in [0.15, 0.2) is 0 Å². The number of carboxylic acid groups (broad SMARTS) is 1. The molecule has 32 heavy (non-hydrogen) atoms. The van der Waals surface area contributed by atoms with E-state index in [1.54, 1.807) is 12.1 Å². The third-order valence-electron chi connectivity index (χ3n) is 6.35. The minimum atomic E-state index is -1.12. The van der Waals surface area contributed by atoms with E-state index in [9.17, 15) is 15.0 Å². The number of benzene rings is 4. The van der Waals surface area contributed by atoms with Crippen LogP contribution in [0.5, 0.6) is 5.75 Å². The molecule has 2 unspecified atom stereocenters. The molecule has 2 N–H and O–H groups in total. The second-order valence-electron chi connectivity index (χ2n) is 8.25. The number of aromatic hydroxyl groups is 1. The lowest BCUT2D eigenvalue weighted by Crippen LogP contribution is -2.06. The quantitative estimate of drug-likeness (QED) is 0.326. The van der Waals surface area contributed by atoms with Gasteiger partial charge in [-0.2, -0.15) is 0 Å². The van der Waals surface area contributed by atoms with Gasteiger partial charge in [0.25, 0.3) is 0 Å². The van der Waals surface area contributed by atoms with E-state index in [0.717, 1.165) is 34.7 Å². The van der Waals surface area contributed by atoms with Crippen LogP contribution in [-0.2, 0) is 0 Å². The van der Waals surface area contributed by atoms with Crippen molar-refractivity contribution < 1.29 is 15.0 Å². The Bertz CT molecular complexity index is 1230. The number of hydrogen-bond acceptors (Lipinski definition) is 2. The van der Waals surface area contributed by atoms with E-state index in [4.69, 9.17) is 0 Å². The van der Waals surface area contributed by atoms with Gasteiger partial charge in [-0.25, -0.2) is 4.79 Å². The molecule has 0 spiro atoms. The van der Waals surface area contributed by atoms with Crippen molar-refractivity contribution in [1.82, 2.24) is 0 Å². The lowest BCUT2D eigenvalue weighted by atomic mass is 9.81. The highest BCUT2D eigenvalue weighted by atomic mass is 16.4. The van der Waals surface area contributed by atoms with E-state index in [1.807, 2.05) is 24.3 Å². The molecule has 0 radical (unpaired) electrons. The molecule has 162 valence electrons. The zero-order valence-corrected chi connectivity index (χ0v) is 18.5. The summed E-state index contributed by atoms with van der Waals surface area (Å²) in [6.45, 7) is 4.34. The summed E-state index contributed by atoms with van der Waals surface area (Å²) in [4.78, 5) is 11.7. The summed E-state index contributed by atoms with van der Waals surface area (Å²) in [5.41, 5.74) is 4.67. The van der Waals surface area contributed by atoms with Crippen LogP contribution in [0.4, 0.5) is 0 Å². The second kappa shape index (κ2) is 9.27. The summed E-state index contributed by atoms with van der Waals surface area (Å²) in [6.07, 6.45) is 1.83. The molecule has 0 saturated heterocycles. The second-order valence-corrected chi connectivity index (χ2v) is 8.25. The zero-order chi connectivity index (χ0) is 22.7. The van der Waals surface area contributed by atoms with Gasteiger partial charge in [0.2, 0.25) is 0 Å². The third kappa shape index (κ3) is 4.11. The summed E-state index contributed by atoms with van der Waals surface area (Å²) >= 11 is 0. The van der Waals surface area contributed by atoms with Crippen molar-refractivity contribution in [3.63, 3.8) is 0 Å². The number of carboxylic acids is 1. The lowest BCUT2D eigenvalue weighted by molar-refractivity contribution is 0.0694. The van der Waals surface area contributed by atoms with Gasteiger partial charge in [-0.05, 0) is 58.0 Å². The van der Waals surface area contributed by atoms with Gasteiger partial charge < -0.3 is 10.2 Å². The van der Waals surface area contributed by atoms with Gasteiger partial charge in [-0.15, -0.1) is 0 Å². The van der Waals surface area contributed by atoms with Gasteiger partial charge in [-0.3, -0.25) is 0 Å². The Morgan fingerprint density at radius 2 is 1.31 bits per heavy atom. The first-order chi connectivity index (χ1) is 15.5. The van der Waals surface area contributed by atoms with Gasteiger partial charge in [0.1, 0.15) is 11.3 Å². The van der Waals surface area contributed by atoms with Crippen molar-refractivity contribution in [2.75, 3.05) is 0 Å². The van der Waals surface area contributed by atoms with Crippen LogP contribution in [0.3, 0.4) is 0 Å². The molecular weight excluding hydrogens is 396 g/mol. The summed E-state index contributed by atoms with van der Waals surface area (Å²) in [5.74, 6) is -0.977. The topological polar surface area (TPSA) is 57.5 Å². The van der Waals surface area contributed by atoms with Gasteiger partial charge in [-0.1, -0.05) is 86.6 Å². The molecule has 0 bridgehead atoms. The van der Waals surface area contributed by atoms with Gasteiger partial charge in [0.05, 0.1) is 0 Å². The fourth-order valence-electron chi connectivity index (χ4n) is 4.78. The number of aromatic carboxylic acids is 1. The molecule has 0 fully saturated rings. The molecule has 0 aliphatic rings. The number of fused-ring (bicyclic) bond motifs is 1. The van der Waals surface area contributed by atoms with Crippen LogP contribution in [0.2, 0.25) is 0 Å². The van der Waals surface area contributed by atoms with Crippen molar-refractivity contribution in [2.45, 2.75) is 38.5 Å². The summed E-state index contributed by atoms with van der Waals surface area (Å²) in [7, 11) is 0. The highest BCUT2D eigenvalue weighted by Crippen LogP contribution is 2.40. The van der Waals surface area contributed by atoms with Crippen LogP contribution in [-0.4, -0.2) is 16.2 Å². The molecule has 3 heteroatoms. The number of phenols is 1. The smallest absolute Gasteiger partial charge is 0.339 e. The van der Waals surface area contributed by atoms with E-state index in [0.29, 0.717) is 0 Å². The van der Waals surface area contributed by atoms with Crippen LogP contribution in [0, 0.1) is 0 Å². The molecule has 0 aliphatic carbocycles. The van der Waals surface area contributed by atoms with Crippen molar-refractivity contribution in [3.05, 3.63) is 113 Å². The maximum Gasteiger partial charge on any atom is 0.339 e. The Kier molecular flexibility index (Phi) is 6.27. The zero-order valence-electron chi connectivity index (χ0n) is 18.5. The predicted molar refractivity (Wildman–Crippen MR) is 130 cm³/mol. The van der Waals surface area contributed by atoms with E-state index in [-0.39, 0.29) is 23.1 Å². The van der Waals surface area contributed by atoms with Crippen molar-refractivity contribution in [1.29, 1.82) is 0 Å². The third-order valence-corrected chi connectivity index (χ3v) is 6.35. The first-order valence-corrected chi connectivity index (χ1v) is 11.2. The normalized spacial score (nSPS) is 13.1. The van der Waals surface area contributed by atoms with Crippen LogP contribution >= 0.6 is 0 Å². The van der Waals surface area contributed by atoms with Gasteiger partial charge in [0, 0.05) is 11.8 Å². The van der Waals surface area contributed by atoms with E-state index >= 15 is 0 Å². The molecule has 4 rings (SSSR count). The van der Waals surface area contributed by atoms with Gasteiger partial charge >= 0.3 is 5.97 Å². The van der Waals surface area contributed by atoms with E-state index < -0.39 is 5.97 Å². The van der Waals surface area contributed by atoms with E-state index in [2.05, 4.69) is 62.4 Å². The largest absolute Gasteiger partial charge is 0.507 e. The highest BCUT2D eigenvalue weighted by molar-refractivity contribution is 5.99. The molecule has 0 heterocycles. The average molecular weight is 425 g/mol. The number of hydrogen-bond donors (Lipinski definition) is 2. The lowest BCUT2D eigenvalue weighted by Gasteiger charge is -2.23. The molecule has 0 amide bonds. The Morgan fingerprint density at radius 3 is 1.84 bits per heavy atom. The monoisotopic (exact) mass is 424 g/mol. The number of carbonyl (C=O) groups is 1. The summed E-state index contributed by atoms with van der Waals surface area (Å²) in [5, 5.41) is 21.8. The fraction of sp³-hybridized carbons (Fsp3) is 0.207. The predicted octanol–water partition coefficient (Wildman–Crippen LogP) is 7.33. The maximum absolute atomic E-state index is 11.7. The minimum absolute atomic E-state index is 0.0684. The molecule has 0 aliphatic heterocycles. The van der Waals surface area contributed by atoms with Crippen molar-refractivity contribution >= 4 is 16.7 Å². The Balaban J connectivity index is 2.00. The van der Waals surface area contributed by atoms with Crippen LogP contribution in [0.1, 0.15) is 71.1 Å². The Morgan fingerprint density at radius 1 is 0.750 bits per heavy atom. The van der Waals surface area contributed by atoms with Crippen molar-refractivity contribution in [3.8, 4) is 5.75 Å². The molecule has 3 nitrogen and oxygen atoms in total. The standard InChI is InChI=1S/C29H28O3/c1-3-23(19-11-7-5-8-12-19)21-15-22-17-27(29(31)32)28(30)18-25(22)26(16-21)24(4-2)20-13-9-6-10-14-20/h5-18,23-24,30H,3-4H2,1-2H3,(H,31,32). The maximum atomic E-state index is 11.7. The Labute approximate surface area is 189 Å². The summed E-state index contributed by atoms with van der Waals surface area (Å²) in [6, 6.07) is 28.4. The molecular formula is C29H28O3. The first kappa shape index (κ1) is 21.6. The van der Waals surface area contributed by atoms with Crippen LogP contribution < -0.4 is 0 Å². The highest BCUT2D eigenvalue weighted by Gasteiger charge is 2.22. The van der Waals surface area contributed by atoms with E-state index in [1.165, 1.54) is 11.1 Å². The molecule has 0 saturated carbocycles. The minimum Gasteiger partial charge on any atom is -0.507 e. The molecule has 4 aromatic rings. The van der Waals surface area contributed by atoms with Crippen molar-refractivity contribution in [2.24, 2.45) is 0 Å². The molecule has 0 aromatic heterocycles. The Hall–Kier alpha value is -3.59. The SMILES string of the molecule is CCC(c1ccccc1)c1cc(C(CC)c2ccccc2)c2cc(O)c(C(=O)O)cc2c1. The number of rotatable bonds is 7. The average Bonchev–Trinajstić information content (AvgIpc) is 2.81. The molecule has 4 aromatic carbocycles. The molecule has 2 atom stereocenters. The first-order valence-electron chi connectivity index (χ1n) is 11.2. The fourth-order valence-corrected chi connectivity index (χ4v) is 4.78. The van der Waals surface area contributed by atoms with Crippen LogP contribution in [0.15, 0.2) is 84.9 Å².